The Morgan fingerprint density at radius 3 is 2.47 bits per heavy atom. The van der Waals surface area contributed by atoms with Gasteiger partial charge in [0.25, 0.3) is 0 Å². The molecule has 0 N–H and O–H groups in total. The van der Waals surface area contributed by atoms with E-state index >= 15 is 0 Å². The molecule has 0 bridgehead atoms. The van der Waals surface area contributed by atoms with Gasteiger partial charge >= 0.3 is 6.09 Å². The van der Waals surface area contributed by atoms with E-state index in [1.165, 1.54) is 0 Å². The first-order valence-electron chi connectivity index (χ1n) is 10.8. The molecule has 1 aromatic carbocycles. The van der Waals surface area contributed by atoms with Crippen molar-refractivity contribution in [1.29, 1.82) is 0 Å². The SMILES string of the molecule is CC(C)(C)OC(=O)N1CCN(c2ccc3cnn(COCC[Si](C)(C)C)c3c2)CC1. The molecule has 1 aliphatic rings. The van der Waals surface area contributed by atoms with E-state index in [4.69, 9.17) is 9.47 Å². The topological polar surface area (TPSA) is 59.8 Å². The fourth-order valence-corrected chi connectivity index (χ4v) is 4.12. The van der Waals surface area contributed by atoms with Crippen LogP contribution in [0.15, 0.2) is 24.4 Å². The highest BCUT2D eigenvalue weighted by Gasteiger charge is 2.26. The normalized spacial score (nSPS) is 15.7. The third-order valence-electron chi connectivity index (χ3n) is 5.13. The number of hydrogen-bond acceptors (Lipinski definition) is 5. The Labute approximate surface area is 180 Å². The van der Waals surface area contributed by atoms with Gasteiger partial charge in [-0.05, 0) is 45.0 Å². The molecule has 2 aromatic rings. The van der Waals surface area contributed by atoms with Gasteiger partial charge in [-0.15, -0.1) is 0 Å². The van der Waals surface area contributed by atoms with Crippen molar-refractivity contribution in [1.82, 2.24) is 14.7 Å². The maximum absolute atomic E-state index is 12.3. The smallest absolute Gasteiger partial charge is 0.410 e. The summed E-state index contributed by atoms with van der Waals surface area (Å²) in [6.07, 6.45) is 1.66. The van der Waals surface area contributed by atoms with Crippen molar-refractivity contribution in [2.45, 2.75) is 58.8 Å². The molecule has 7 nitrogen and oxygen atoms in total. The van der Waals surface area contributed by atoms with Gasteiger partial charge < -0.3 is 19.3 Å². The molecule has 0 saturated carbocycles. The zero-order chi connectivity index (χ0) is 21.9. The van der Waals surface area contributed by atoms with Crippen molar-refractivity contribution >= 4 is 30.8 Å². The summed E-state index contributed by atoms with van der Waals surface area (Å²) in [5.74, 6) is 0. The van der Waals surface area contributed by atoms with Gasteiger partial charge in [0.1, 0.15) is 12.3 Å². The summed E-state index contributed by atoms with van der Waals surface area (Å²) in [5, 5.41) is 5.61. The Hall–Kier alpha value is -2.06. The Kier molecular flexibility index (Phi) is 6.77. The van der Waals surface area contributed by atoms with Crippen LogP contribution in [0.25, 0.3) is 10.9 Å². The fraction of sp³-hybridized carbons (Fsp3) is 0.636. The first-order valence-corrected chi connectivity index (χ1v) is 14.5. The molecule has 0 unspecified atom stereocenters. The molecular formula is C22H36N4O3Si. The average Bonchev–Trinajstić information content (AvgIpc) is 3.05. The molecule has 8 heteroatoms. The molecule has 0 atom stereocenters. The maximum Gasteiger partial charge on any atom is 0.410 e. The zero-order valence-electron chi connectivity index (χ0n) is 19.3. The highest BCUT2D eigenvalue weighted by atomic mass is 28.3. The van der Waals surface area contributed by atoms with Crippen LogP contribution in [0.5, 0.6) is 0 Å². The lowest BCUT2D eigenvalue weighted by molar-refractivity contribution is 0.0240. The van der Waals surface area contributed by atoms with Crippen molar-refractivity contribution in [3.05, 3.63) is 24.4 Å². The first kappa shape index (κ1) is 22.6. The number of fused-ring (bicyclic) bond motifs is 1. The standard InChI is InChI=1S/C22H36N4O3Si/c1-22(2,3)29-21(27)25-11-9-24(10-12-25)19-8-7-18-16-23-26(20(18)15-19)17-28-13-14-30(4,5)6/h7-8,15-16H,9-14,17H2,1-6H3. The summed E-state index contributed by atoms with van der Waals surface area (Å²) in [6.45, 7) is 16.9. The molecule has 2 heterocycles. The number of ether oxygens (including phenoxy) is 2. The molecule has 1 fully saturated rings. The second kappa shape index (κ2) is 8.97. The van der Waals surface area contributed by atoms with Crippen molar-refractivity contribution in [3.63, 3.8) is 0 Å². The van der Waals surface area contributed by atoms with Gasteiger partial charge in [-0.1, -0.05) is 19.6 Å². The quantitative estimate of drug-likeness (QED) is 0.500. The number of carbonyl (C=O) groups excluding carboxylic acids is 1. The van der Waals surface area contributed by atoms with Crippen LogP contribution in [0.3, 0.4) is 0 Å². The Bertz CT molecular complexity index is 861. The minimum Gasteiger partial charge on any atom is -0.444 e. The largest absolute Gasteiger partial charge is 0.444 e. The second-order valence-corrected chi connectivity index (χ2v) is 15.8. The minimum atomic E-state index is -1.09. The van der Waals surface area contributed by atoms with Crippen molar-refractivity contribution in [2.75, 3.05) is 37.7 Å². The van der Waals surface area contributed by atoms with E-state index in [0.29, 0.717) is 19.8 Å². The molecule has 30 heavy (non-hydrogen) atoms. The molecule has 1 aliphatic heterocycles. The summed E-state index contributed by atoms with van der Waals surface area (Å²) in [6, 6.07) is 7.56. The van der Waals surface area contributed by atoms with Crippen LogP contribution in [0.4, 0.5) is 10.5 Å². The Morgan fingerprint density at radius 2 is 1.83 bits per heavy atom. The minimum absolute atomic E-state index is 0.230. The molecule has 0 radical (unpaired) electrons. The first-order chi connectivity index (χ1) is 14.0. The van der Waals surface area contributed by atoms with E-state index < -0.39 is 13.7 Å². The van der Waals surface area contributed by atoms with Crippen LogP contribution in [-0.4, -0.2) is 67.2 Å². The van der Waals surface area contributed by atoms with Crippen LogP contribution in [0.2, 0.25) is 25.7 Å². The third kappa shape index (κ3) is 6.22. The van der Waals surface area contributed by atoms with E-state index in [2.05, 4.69) is 47.8 Å². The van der Waals surface area contributed by atoms with Gasteiger partial charge in [-0.3, -0.25) is 0 Å². The molecular weight excluding hydrogens is 396 g/mol. The molecule has 166 valence electrons. The lowest BCUT2D eigenvalue weighted by Crippen LogP contribution is -2.50. The van der Waals surface area contributed by atoms with Gasteiger partial charge in [-0.2, -0.15) is 5.10 Å². The second-order valence-electron chi connectivity index (χ2n) is 10.2. The molecule has 3 rings (SSSR count). The number of carbonyl (C=O) groups is 1. The van der Waals surface area contributed by atoms with Crippen molar-refractivity contribution in [2.24, 2.45) is 0 Å². The van der Waals surface area contributed by atoms with E-state index in [9.17, 15) is 4.79 Å². The number of piperazine rings is 1. The monoisotopic (exact) mass is 432 g/mol. The van der Waals surface area contributed by atoms with Crippen molar-refractivity contribution in [3.8, 4) is 0 Å². The van der Waals surface area contributed by atoms with E-state index in [1.807, 2.05) is 31.6 Å². The van der Waals surface area contributed by atoms with Gasteiger partial charge in [0.15, 0.2) is 0 Å². The van der Waals surface area contributed by atoms with Gasteiger partial charge in [0.05, 0.1) is 11.7 Å². The number of amides is 1. The summed E-state index contributed by atoms with van der Waals surface area (Å²) in [4.78, 5) is 16.4. The summed E-state index contributed by atoms with van der Waals surface area (Å²) in [5.41, 5.74) is 1.76. The van der Waals surface area contributed by atoms with Crippen LogP contribution >= 0.6 is 0 Å². The molecule has 1 amide bonds. The maximum atomic E-state index is 12.3. The number of rotatable bonds is 6. The van der Waals surface area contributed by atoms with Crippen LogP contribution < -0.4 is 4.90 Å². The number of benzene rings is 1. The number of hydrogen-bond donors (Lipinski definition) is 0. The van der Waals surface area contributed by atoms with Crippen LogP contribution in [-0.2, 0) is 16.2 Å². The number of aromatic nitrogens is 2. The molecule has 1 aromatic heterocycles. The van der Waals surface area contributed by atoms with E-state index in [-0.39, 0.29) is 6.09 Å². The summed E-state index contributed by atoms with van der Waals surface area (Å²) in [7, 11) is -1.09. The van der Waals surface area contributed by atoms with Crippen LogP contribution in [0, 0.1) is 0 Å². The van der Waals surface area contributed by atoms with Crippen LogP contribution in [0.1, 0.15) is 20.8 Å². The highest BCUT2D eigenvalue weighted by Crippen LogP contribution is 2.24. The predicted octanol–water partition coefficient (Wildman–Crippen LogP) is 4.41. The summed E-state index contributed by atoms with van der Waals surface area (Å²) < 4.78 is 13.3. The zero-order valence-corrected chi connectivity index (χ0v) is 20.3. The van der Waals surface area contributed by atoms with Gasteiger partial charge in [0.2, 0.25) is 0 Å². The number of nitrogens with zero attached hydrogens (tertiary/aromatic N) is 4. The van der Waals surface area contributed by atoms with Gasteiger partial charge in [0, 0.05) is 51.9 Å². The highest BCUT2D eigenvalue weighted by molar-refractivity contribution is 6.76. The lowest BCUT2D eigenvalue weighted by atomic mass is 10.2. The van der Waals surface area contributed by atoms with Crippen molar-refractivity contribution < 1.29 is 14.3 Å². The Balaban J connectivity index is 1.60. The summed E-state index contributed by atoms with van der Waals surface area (Å²) >= 11 is 0. The predicted molar refractivity (Wildman–Crippen MR) is 124 cm³/mol. The fourth-order valence-electron chi connectivity index (χ4n) is 3.36. The average molecular weight is 433 g/mol. The number of anilines is 1. The van der Waals surface area contributed by atoms with E-state index in [0.717, 1.165) is 42.3 Å². The molecule has 0 spiro atoms. The third-order valence-corrected chi connectivity index (χ3v) is 6.84. The molecule has 0 aliphatic carbocycles. The lowest BCUT2D eigenvalue weighted by Gasteiger charge is -2.36. The van der Waals surface area contributed by atoms with E-state index in [1.54, 1.807) is 4.90 Å². The Morgan fingerprint density at radius 1 is 1.13 bits per heavy atom. The molecule has 1 saturated heterocycles. The van der Waals surface area contributed by atoms with Gasteiger partial charge in [-0.25, -0.2) is 9.48 Å².